The zero-order valence-electron chi connectivity index (χ0n) is 10.7. The van der Waals surface area contributed by atoms with Gasteiger partial charge in [-0.1, -0.05) is 0 Å². The molecule has 2 aromatic carbocycles. The number of halogens is 1. The number of rotatable bonds is 4. The molecule has 2 aromatic rings. The molecule has 0 amide bonds. The number of ether oxygens (including phenoxy) is 1. The number of phenols is 1. The molecule has 0 radical (unpaired) electrons. The maximum Gasteiger partial charge on any atom is 0.154 e. The van der Waals surface area contributed by atoms with Crippen molar-refractivity contribution >= 4 is 11.4 Å². The largest absolute Gasteiger partial charge is 0.508 e. The third-order valence-corrected chi connectivity index (χ3v) is 2.64. The summed E-state index contributed by atoms with van der Waals surface area (Å²) in [7, 11) is 1.55. The van der Waals surface area contributed by atoms with Crippen LogP contribution in [0.15, 0.2) is 46.6 Å². The van der Waals surface area contributed by atoms with E-state index in [1.807, 2.05) is 0 Å². The van der Waals surface area contributed by atoms with E-state index in [1.54, 1.807) is 31.4 Å². The number of azo groups is 1. The van der Waals surface area contributed by atoms with Crippen molar-refractivity contribution in [3.05, 3.63) is 47.8 Å². The Morgan fingerprint density at radius 2 is 1.85 bits per heavy atom. The van der Waals surface area contributed by atoms with Gasteiger partial charge in [-0.05, 0) is 30.3 Å². The lowest BCUT2D eigenvalue weighted by molar-refractivity contribution is 0.281. The van der Waals surface area contributed by atoms with E-state index in [0.29, 0.717) is 11.4 Å². The van der Waals surface area contributed by atoms with Crippen molar-refractivity contribution < 1.29 is 19.3 Å². The summed E-state index contributed by atoms with van der Waals surface area (Å²) in [6.07, 6.45) is 0. The number of aliphatic hydroxyl groups is 1. The molecule has 0 bridgehead atoms. The highest BCUT2D eigenvalue weighted by molar-refractivity contribution is 5.51. The van der Waals surface area contributed by atoms with Gasteiger partial charge in [0.2, 0.25) is 0 Å². The first-order valence-corrected chi connectivity index (χ1v) is 5.82. The highest BCUT2D eigenvalue weighted by Crippen LogP contribution is 2.30. The van der Waals surface area contributed by atoms with Gasteiger partial charge in [0.05, 0.1) is 19.4 Å². The molecule has 0 aliphatic heterocycles. The van der Waals surface area contributed by atoms with Crippen LogP contribution in [-0.2, 0) is 6.61 Å². The van der Waals surface area contributed by atoms with Gasteiger partial charge in [0.1, 0.15) is 17.2 Å². The summed E-state index contributed by atoms with van der Waals surface area (Å²) in [5, 5.41) is 26.1. The first-order valence-electron chi connectivity index (χ1n) is 5.82. The Hall–Kier alpha value is -2.47. The molecule has 0 saturated heterocycles. The minimum atomic E-state index is -0.744. The lowest BCUT2D eigenvalue weighted by atomic mass is 10.2. The lowest BCUT2D eigenvalue weighted by Gasteiger charge is -2.04. The Labute approximate surface area is 115 Å². The second-order valence-electron chi connectivity index (χ2n) is 3.99. The van der Waals surface area contributed by atoms with Gasteiger partial charge in [-0.2, -0.15) is 5.11 Å². The first kappa shape index (κ1) is 14.0. The fourth-order valence-corrected chi connectivity index (χ4v) is 1.63. The zero-order chi connectivity index (χ0) is 14.5. The minimum absolute atomic E-state index is 0.0962. The lowest BCUT2D eigenvalue weighted by Crippen LogP contribution is -1.87. The molecule has 0 heterocycles. The fraction of sp³-hybridized carbons (Fsp3) is 0.143. The van der Waals surface area contributed by atoms with Crippen LogP contribution < -0.4 is 4.74 Å². The molecule has 2 N–H and O–H groups in total. The minimum Gasteiger partial charge on any atom is -0.508 e. The quantitative estimate of drug-likeness (QED) is 0.840. The van der Waals surface area contributed by atoms with E-state index >= 15 is 0 Å². The average molecular weight is 276 g/mol. The first-order chi connectivity index (χ1) is 9.63. The van der Waals surface area contributed by atoms with E-state index in [-0.39, 0.29) is 17.0 Å². The number of aliphatic hydroxyl groups excluding tert-OH is 1. The van der Waals surface area contributed by atoms with Crippen LogP contribution in [0.5, 0.6) is 11.5 Å². The molecular formula is C14H13FN2O3. The monoisotopic (exact) mass is 276 g/mol. The highest BCUT2D eigenvalue weighted by Gasteiger charge is 2.10. The van der Waals surface area contributed by atoms with Crippen LogP contribution in [-0.4, -0.2) is 17.3 Å². The summed E-state index contributed by atoms with van der Waals surface area (Å²) < 4.78 is 18.7. The summed E-state index contributed by atoms with van der Waals surface area (Å²) in [6.45, 7) is -0.442. The van der Waals surface area contributed by atoms with Crippen LogP contribution in [0.4, 0.5) is 15.8 Å². The van der Waals surface area contributed by atoms with E-state index in [9.17, 15) is 9.50 Å². The molecule has 0 aromatic heterocycles. The molecule has 0 spiro atoms. The van der Waals surface area contributed by atoms with Crippen LogP contribution >= 0.6 is 0 Å². The van der Waals surface area contributed by atoms with Crippen LogP contribution in [0.3, 0.4) is 0 Å². The molecule has 0 atom stereocenters. The van der Waals surface area contributed by atoms with Crippen LogP contribution in [0.1, 0.15) is 5.56 Å². The number of nitrogens with zero attached hydrogens (tertiary/aromatic N) is 2. The molecule has 2 rings (SSSR count). The number of phenolic OH excluding ortho intramolecular Hbond substituents is 1. The topological polar surface area (TPSA) is 74.4 Å². The second kappa shape index (κ2) is 6.12. The maximum absolute atomic E-state index is 13.7. The Kier molecular flexibility index (Phi) is 4.27. The van der Waals surface area contributed by atoms with Gasteiger partial charge in [0, 0.05) is 11.6 Å². The van der Waals surface area contributed by atoms with Crippen LogP contribution in [0.25, 0.3) is 0 Å². The summed E-state index contributed by atoms with van der Waals surface area (Å²) in [5.41, 5.74) is 0.586. The molecule has 5 nitrogen and oxygen atoms in total. The van der Waals surface area contributed by atoms with Crippen molar-refractivity contribution in [2.45, 2.75) is 6.61 Å². The predicted molar refractivity (Wildman–Crippen MR) is 71.2 cm³/mol. The fourth-order valence-electron chi connectivity index (χ4n) is 1.63. The molecule has 0 aliphatic carbocycles. The number of methoxy groups -OCH3 is 1. The van der Waals surface area contributed by atoms with Crippen molar-refractivity contribution in [1.29, 1.82) is 0 Å². The van der Waals surface area contributed by atoms with Gasteiger partial charge < -0.3 is 14.9 Å². The van der Waals surface area contributed by atoms with E-state index in [0.717, 1.165) is 6.07 Å². The Balaban J connectivity index is 2.30. The van der Waals surface area contributed by atoms with Crippen LogP contribution in [0, 0.1) is 5.82 Å². The van der Waals surface area contributed by atoms with Crippen molar-refractivity contribution in [1.82, 2.24) is 0 Å². The van der Waals surface area contributed by atoms with Gasteiger partial charge in [-0.15, -0.1) is 5.11 Å². The smallest absolute Gasteiger partial charge is 0.154 e. The highest BCUT2D eigenvalue weighted by atomic mass is 19.1. The number of benzene rings is 2. The molecule has 0 aliphatic rings. The van der Waals surface area contributed by atoms with E-state index in [1.165, 1.54) is 6.07 Å². The zero-order valence-corrected chi connectivity index (χ0v) is 10.7. The van der Waals surface area contributed by atoms with Gasteiger partial charge in [0.15, 0.2) is 5.82 Å². The molecule has 0 fully saturated rings. The summed E-state index contributed by atoms with van der Waals surface area (Å²) in [5.74, 6) is -0.336. The van der Waals surface area contributed by atoms with Gasteiger partial charge in [-0.25, -0.2) is 4.39 Å². The number of aromatic hydroxyl groups is 1. The number of hydrogen-bond acceptors (Lipinski definition) is 5. The van der Waals surface area contributed by atoms with Gasteiger partial charge in [0.25, 0.3) is 0 Å². The third-order valence-electron chi connectivity index (χ3n) is 2.64. The molecule has 20 heavy (non-hydrogen) atoms. The SMILES string of the molecule is COc1ccc(N=Nc2c(F)cc(O)cc2CO)cc1. The average Bonchev–Trinajstić information content (AvgIpc) is 2.46. The Morgan fingerprint density at radius 1 is 1.15 bits per heavy atom. The molecule has 0 saturated carbocycles. The molecule has 6 heteroatoms. The maximum atomic E-state index is 13.7. The third kappa shape index (κ3) is 3.10. The molecule has 104 valence electrons. The molecular weight excluding hydrogens is 263 g/mol. The summed E-state index contributed by atoms with van der Waals surface area (Å²) in [4.78, 5) is 0. The van der Waals surface area contributed by atoms with Crippen LogP contribution in [0.2, 0.25) is 0 Å². The second-order valence-corrected chi connectivity index (χ2v) is 3.99. The normalized spacial score (nSPS) is 10.9. The van der Waals surface area contributed by atoms with Crippen molar-refractivity contribution in [3.63, 3.8) is 0 Å². The molecule has 0 unspecified atom stereocenters. The van der Waals surface area contributed by atoms with E-state index in [4.69, 9.17) is 9.84 Å². The Morgan fingerprint density at radius 3 is 2.45 bits per heavy atom. The predicted octanol–water partition coefficient (Wildman–Crippen LogP) is 3.45. The Bertz CT molecular complexity index is 627. The van der Waals surface area contributed by atoms with Crippen molar-refractivity contribution in [2.75, 3.05) is 7.11 Å². The summed E-state index contributed by atoms with van der Waals surface area (Å²) >= 11 is 0. The van der Waals surface area contributed by atoms with Crippen molar-refractivity contribution in [3.8, 4) is 11.5 Å². The van der Waals surface area contributed by atoms with E-state index in [2.05, 4.69) is 10.2 Å². The summed E-state index contributed by atoms with van der Waals surface area (Å²) in [6, 6.07) is 8.90. The van der Waals surface area contributed by atoms with E-state index < -0.39 is 12.4 Å². The number of hydrogen-bond donors (Lipinski definition) is 2. The van der Waals surface area contributed by atoms with Crippen molar-refractivity contribution in [2.24, 2.45) is 10.2 Å². The van der Waals surface area contributed by atoms with Gasteiger partial charge >= 0.3 is 0 Å². The standard InChI is InChI=1S/C14H13FN2O3/c1-20-12-4-2-10(3-5-12)16-17-14-9(8-18)6-11(19)7-13(14)15/h2-7,18-19H,8H2,1H3. The van der Waals surface area contributed by atoms with Gasteiger partial charge in [-0.3, -0.25) is 0 Å².